The molecular weight excluding hydrogens is 454 g/mol. The summed E-state index contributed by atoms with van der Waals surface area (Å²) >= 11 is 1.53. The zero-order chi connectivity index (χ0) is 24.5. The standard InChI is InChI=1S/C22H27N5O4S.C2H6/c1-23-7-8-30-9-10-31-14-18-25-21-20(32-18)17-12-24-27(22(28)19(17)26(21)2)13-15-5-4-6-16(11-15)29-3;1-2/h4-6,11-12,23H,7-10,13-14H2,1-3H3;1-2H3. The van der Waals surface area contributed by atoms with Gasteiger partial charge in [0.1, 0.15) is 16.3 Å². The van der Waals surface area contributed by atoms with Gasteiger partial charge in [-0.3, -0.25) is 4.79 Å². The van der Waals surface area contributed by atoms with Crippen LogP contribution < -0.4 is 15.6 Å². The maximum absolute atomic E-state index is 13.2. The molecule has 34 heavy (non-hydrogen) atoms. The minimum atomic E-state index is -0.144. The summed E-state index contributed by atoms with van der Waals surface area (Å²) in [7, 11) is 5.38. The Morgan fingerprint density at radius 3 is 2.71 bits per heavy atom. The summed E-state index contributed by atoms with van der Waals surface area (Å²) in [5, 5.41) is 9.12. The molecule has 0 saturated carbocycles. The third kappa shape index (κ3) is 5.82. The van der Waals surface area contributed by atoms with Crippen LogP contribution in [0.15, 0.2) is 35.3 Å². The van der Waals surface area contributed by atoms with E-state index in [9.17, 15) is 4.79 Å². The van der Waals surface area contributed by atoms with Crippen molar-refractivity contribution in [3.05, 3.63) is 51.4 Å². The summed E-state index contributed by atoms with van der Waals surface area (Å²) in [4.78, 5) is 17.8. The first-order valence-corrected chi connectivity index (χ1v) is 12.2. The van der Waals surface area contributed by atoms with Crippen molar-refractivity contribution >= 4 is 32.6 Å². The van der Waals surface area contributed by atoms with Crippen LogP contribution in [0, 0.1) is 0 Å². The number of nitrogens with zero attached hydrogens (tertiary/aromatic N) is 4. The highest BCUT2D eigenvalue weighted by Gasteiger charge is 2.18. The smallest absolute Gasteiger partial charge is 0.291 e. The number of hydrogen-bond donors (Lipinski definition) is 1. The molecule has 4 rings (SSSR count). The molecule has 0 bridgehead atoms. The number of aromatic nitrogens is 4. The Hall–Kier alpha value is -2.79. The summed E-state index contributed by atoms with van der Waals surface area (Å²) in [6.07, 6.45) is 1.75. The largest absolute Gasteiger partial charge is 0.497 e. The first kappa shape index (κ1) is 25.8. The van der Waals surface area contributed by atoms with Crippen molar-refractivity contribution in [2.75, 3.05) is 40.5 Å². The van der Waals surface area contributed by atoms with E-state index in [1.54, 1.807) is 13.3 Å². The molecule has 0 unspecified atom stereocenters. The third-order valence-electron chi connectivity index (χ3n) is 5.13. The number of nitrogens with one attached hydrogen (secondary N) is 1. The molecule has 1 N–H and O–H groups in total. The van der Waals surface area contributed by atoms with Gasteiger partial charge in [0.05, 0.1) is 51.0 Å². The maximum atomic E-state index is 13.2. The molecule has 10 heteroatoms. The van der Waals surface area contributed by atoms with Crippen LogP contribution in [0.4, 0.5) is 0 Å². The monoisotopic (exact) mass is 487 g/mol. The topological polar surface area (TPSA) is 92.4 Å². The van der Waals surface area contributed by atoms with Gasteiger partial charge in [-0.1, -0.05) is 26.0 Å². The Balaban J connectivity index is 0.00000158. The van der Waals surface area contributed by atoms with E-state index < -0.39 is 0 Å². The predicted molar refractivity (Wildman–Crippen MR) is 136 cm³/mol. The molecule has 0 spiro atoms. The van der Waals surface area contributed by atoms with Crippen molar-refractivity contribution in [2.45, 2.75) is 27.0 Å². The van der Waals surface area contributed by atoms with Crippen molar-refractivity contribution in [2.24, 2.45) is 7.05 Å². The highest BCUT2D eigenvalue weighted by Crippen LogP contribution is 2.31. The predicted octanol–water partition coefficient (Wildman–Crippen LogP) is 3.18. The second-order valence-electron chi connectivity index (χ2n) is 7.31. The van der Waals surface area contributed by atoms with Gasteiger partial charge in [-0.15, -0.1) is 11.3 Å². The van der Waals surface area contributed by atoms with Crippen LogP contribution in [-0.2, 0) is 29.7 Å². The first-order chi connectivity index (χ1) is 16.6. The molecule has 0 amide bonds. The summed E-state index contributed by atoms with van der Waals surface area (Å²) in [6, 6.07) is 7.63. The van der Waals surface area contributed by atoms with Crippen LogP contribution in [0.3, 0.4) is 0 Å². The quantitative estimate of drug-likeness (QED) is 0.325. The number of likely N-dealkylation sites (N-methyl/N-ethyl adjacent to an activating group) is 1. The molecule has 0 aliphatic rings. The van der Waals surface area contributed by atoms with E-state index in [1.165, 1.54) is 16.0 Å². The highest BCUT2D eigenvalue weighted by molar-refractivity contribution is 7.19. The van der Waals surface area contributed by atoms with Gasteiger partial charge in [0.2, 0.25) is 0 Å². The fourth-order valence-electron chi connectivity index (χ4n) is 3.50. The first-order valence-electron chi connectivity index (χ1n) is 11.4. The maximum Gasteiger partial charge on any atom is 0.291 e. The second-order valence-corrected chi connectivity index (χ2v) is 8.39. The Bertz CT molecular complexity index is 1260. The van der Waals surface area contributed by atoms with E-state index in [-0.39, 0.29) is 5.56 Å². The molecule has 0 aliphatic carbocycles. The number of thiazole rings is 1. The highest BCUT2D eigenvalue weighted by atomic mass is 32.1. The minimum Gasteiger partial charge on any atom is -0.497 e. The third-order valence-corrected chi connectivity index (χ3v) is 6.18. The number of rotatable bonds is 11. The van der Waals surface area contributed by atoms with Crippen molar-refractivity contribution in [1.82, 2.24) is 24.6 Å². The van der Waals surface area contributed by atoms with Gasteiger partial charge in [0, 0.05) is 19.0 Å². The Kier molecular flexibility index (Phi) is 9.58. The van der Waals surface area contributed by atoms with Crippen molar-refractivity contribution in [1.29, 1.82) is 0 Å². The zero-order valence-corrected chi connectivity index (χ0v) is 21.3. The molecule has 0 aliphatic heterocycles. The van der Waals surface area contributed by atoms with Crippen LogP contribution >= 0.6 is 11.3 Å². The van der Waals surface area contributed by atoms with Gasteiger partial charge in [0.25, 0.3) is 5.56 Å². The van der Waals surface area contributed by atoms with Gasteiger partial charge < -0.3 is 24.1 Å². The molecule has 0 atom stereocenters. The number of methoxy groups -OCH3 is 1. The van der Waals surface area contributed by atoms with E-state index >= 15 is 0 Å². The van der Waals surface area contributed by atoms with E-state index in [4.69, 9.17) is 14.2 Å². The van der Waals surface area contributed by atoms with Crippen molar-refractivity contribution < 1.29 is 14.2 Å². The number of fused-ring (bicyclic) bond motifs is 3. The van der Waals surface area contributed by atoms with E-state index in [1.807, 2.05) is 56.8 Å². The molecule has 1 aromatic carbocycles. The Labute approximate surface area is 203 Å². The van der Waals surface area contributed by atoms with Gasteiger partial charge in [-0.25, -0.2) is 9.67 Å². The molecule has 9 nitrogen and oxygen atoms in total. The van der Waals surface area contributed by atoms with Crippen LogP contribution in [-0.4, -0.2) is 59.9 Å². The molecule has 3 aromatic heterocycles. The Morgan fingerprint density at radius 1 is 1.15 bits per heavy atom. The zero-order valence-electron chi connectivity index (χ0n) is 20.5. The van der Waals surface area contributed by atoms with Crippen LogP contribution in [0.1, 0.15) is 24.4 Å². The average molecular weight is 488 g/mol. The molecule has 4 aromatic rings. The lowest BCUT2D eigenvalue weighted by atomic mass is 10.2. The van der Waals surface area contributed by atoms with Crippen LogP contribution in [0.2, 0.25) is 0 Å². The Morgan fingerprint density at radius 2 is 1.94 bits per heavy atom. The van der Waals surface area contributed by atoms with E-state index in [2.05, 4.69) is 15.4 Å². The molecule has 184 valence electrons. The lowest BCUT2D eigenvalue weighted by molar-refractivity contribution is 0.0420. The molecular formula is C24H33N5O4S. The fourth-order valence-corrected chi connectivity index (χ4v) is 4.55. The number of ether oxygens (including phenoxy) is 3. The number of hydrogen-bond acceptors (Lipinski definition) is 8. The summed E-state index contributed by atoms with van der Waals surface area (Å²) in [6.45, 7) is 7.32. The average Bonchev–Trinajstić information content (AvgIpc) is 3.40. The van der Waals surface area contributed by atoms with E-state index in [0.717, 1.165) is 38.6 Å². The minimum absolute atomic E-state index is 0.144. The van der Waals surface area contributed by atoms with Gasteiger partial charge >= 0.3 is 0 Å². The molecule has 0 fully saturated rings. The van der Waals surface area contributed by atoms with Crippen molar-refractivity contribution in [3.8, 4) is 5.75 Å². The van der Waals surface area contributed by atoms with Crippen LogP contribution in [0.5, 0.6) is 5.75 Å². The lowest BCUT2D eigenvalue weighted by Crippen LogP contribution is -2.24. The van der Waals surface area contributed by atoms with Gasteiger partial charge in [-0.05, 0) is 24.7 Å². The molecule has 3 heterocycles. The van der Waals surface area contributed by atoms with Crippen LogP contribution in [0.25, 0.3) is 21.3 Å². The van der Waals surface area contributed by atoms with Gasteiger partial charge in [-0.2, -0.15) is 5.10 Å². The SMILES string of the molecule is CC.CNCCOCCOCc1nc2c(s1)c1cnn(Cc3cccc(OC)c3)c(=O)c1n2C. The summed E-state index contributed by atoms with van der Waals surface area (Å²) in [5.74, 6) is 0.750. The van der Waals surface area contributed by atoms with Gasteiger partial charge in [0.15, 0.2) is 5.65 Å². The lowest BCUT2D eigenvalue weighted by Gasteiger charge is -2.07. The summed E-state index contributed by atoms with van der Waals surface area (Å²) in [5.41, 5.74) is 2.17. The fraction of sp³-hybridized carbons (Fsp3) is 0.458. The normalized spacial score (nSPS) is 11.1. The van der Waals surface area contributed by atoms with E-state index in [0.29, 0.717) is 38.5 Å². The summed E-state index contributed by atoms with van der Waals surface area (Å²) < 4.78 is 20.7. The molecule has 0 saturated heterocycles. The number of aryl methyl sites for hydroxylation is 1. The second kappa shape index (κ2) is 12.6. The number of benzene rings is 1. The van der Waals surface area contributed by atoms with Crippen molar-refractivity contribution in [3.63, 3.8) is 0 Å². The molecule has 0 radical (unpaired) electrons.